The molecule has 1 aromatic carbocycles. The lowest BCUT2D eigenvalue weighted by atomic mass is 9.79. The van der Waals surface area contributed by atoms with Crippen molar-refractivity contribution in [3.63, 3.8) is 0 Å². The van der Waals surface area contributed by atoms with Gasteiger partial charge in [0.15, 0.2) is 0 Å². The van der Waals surface area contributed by atoms with Gasteiger partial charge in [-0.1, -0.05) is 41.6 Å². The predicted molar refractivity (Wildman–Crippen MR) is 91.4 cm³/mol. The summed E-state index contributed by atoms with van der Waals surface area (Å²) < 4.78 is 1.10. The van der Waals surface area contributed by atoms with Gasteiger partial charge in [-0.25, -0.2) is 0 Å². The molecule has 0 unspecified atom stereocenters. The molecule has 116 valence electrons. The molecule has 1 fully saturated rings. The van der Waals surface area contributed by atoms with Crippen LogP contribution in [0.4, 0.5) is 5.69 Å². The van der Waals surface area contributed by atoms with Crippen molar-refractivity contribution in [3.8, 4) is 0 Å². The highest BCUT2D eigenvalue weighted by molar-refractivity contribution is 9.10. The quantitative estimate of drug-likeness (QED) is 0.796. The van der Waals surface area contributed by atoms with Crippen molar-refractivity contribution >= 4 is 27.5 Å². The van der Waals surface area contributed by atoms with Gasteiger partial charge in [0.25, 0.3) is 0 Å². The van der Waals surface area contributed by atoms with E-state index in [2.05, 4.69) is 21.2 Å². The fraction of sp³-hybridized carbons (Fsp3) is 0.588. The lowest BCUT2D eigenvalue weighted by Crippen LogP contribution is -2.42. The summed E-state index contributed by atoms with van der Waals surface area (Å²) in [4.78, 5) is 12.8. The zero-order valence-electron chi connectivity index (χ0n) is 13.0. The molecule has 0 bridgehead atoms. The van der Waals surface area contributed by atoms with Gasteiger partial charge in [0, 0.05) is 16.7 Å². The molecule has 1 aliphatic carbocycles. The molecule has 2 rings (SSSR count). The highest BCUT2D eigenvalue weighted by atomic mass is 79.9. The predicted octanol–water partition coefficient (Wildman–Crippen LogP) is 4.30. The highest BCUT2D eigenvalue weighted by Crippen LogP contribution is 2.36. The number of benzene rings is 1. The first-order valence-corrected chi connectivity index (χ1v) is 8.56. The van der Waals surface area contributed by atoms with Crippen molar-refractivity contribution in [2.75, 3.05) is 11.9 Å². The Morgan fingerprint density at radius 2 is 1.71 bits per heavy atom. The summed E-state index contributed by atoms with van der Waals surface area (Å²) in [5.41, 5.74) is 8.73. The van der Waals surface area contributed by atoms with Gasteiger partial charge in [-0.3, -0.25) is 4.79 Å². The molecule has 0 spiro atoms. The van der Waals surface area contributed by atoms with E-state index in [0.717, 1.165) is 47.0 Å². The normalized spacial score (nSPS) is 18.1. The zero-order chi connectivity index (χ0) is 15.5. The molecule has 0 heterocycles. The lowest BCUT2D eigenvalue weighted by Gasteiger charge is -2.30. The van der Waals surface area contributed by atoms with E-state index in [-0.39, 0.29) is 11.3 Å². The van der Waals surface area contributed by atoms with E-state index in [4.69, 9.17) is 5.73 Å². The van der Waals surface area contributed by atoms with Crippen LogP contribution in [0.2, 0.25) is 0 Å². The van der Waals surface area contributed by atoms with Crippen LogP contribution in [0.3, 0.4) is 0 Å². The molecule has 1 amide bonds. The van der Waals surface area contributed by atoms with Gasteiger partial charge in [-0.05, 0) is 49.9 Å². The molecule has 0 saturated heterocycles. The molecule has 0 aliphatic heterocycles. The fourth-order valence-electron chi connectivity index (χ4n) is 3.21. The van der Waals surface area contributed by atoms with E-state index >= 15 is 0 Å². The van der Waals surface area contributed by atoms with Crippen molar-refractivity contribution in [2.45, 2.75) is 52.4 Å². The van der Waals surface area contributed by atoms with E-state index in [1.54, 1.807) is 0 Å². The summed E-state index contributed by atoms with van der Waals surface area (Å²) in [6.45, 7) is 4.52. The number of hydrogen-bond donors (Lipinski definition) is 2. The molecule has 3 nitrogen and oxygen atoms in total. The second-order valence-corrected chi connectivity index (χ2v) is 7.07. The number of rotatable bonds is 3. The van der Waals surface area contributed by atoms with Crippen molar-refractivity contribution < 1.29 is 4.79 Å². The Bertz CT molecular complexity index is 497. The number of amides is 1. The molecule has 1 saturated carbocycles. The van der Waals surface area contributed by atoms with Crippen LogP contribution in [-0.2, 0) is 4.79 Å². The van der Waals surface area contributed by atoms with Gasteiger partial charge in [0.2, 0.25) is 5.91 Å². The van der Waals surface area contributed by atoms with E-state index < -0.39 is 0 Å². The van der Waals surface area contributed by atoms with Crippen LogP contribution in [-0.4, -0.2) is 12.5 Å². The maximum atomic E-state index is 12.8. The second-order valence-electron chi connectivity index (χ2n) is 6.28. The molecule has 21 heavy (non-hydrogen) atoms. The monoisotopic (exact) mass is 352 g/mol. The minimum Gasteiger partial charge on any atom is -0.329 e. The molecule has 1 aliphatic rings. The highest BCUT2D eigenvalue weighted by Gasteiger charge is 2.37. The number of anilines is 1. The molecule has 4 heteroatoms. The minimum absolute atomic E-state index is 0.0908. The standard InChI is InChI=1S/C17H25BrN2O/c1-12-9-14(10-13(2)15(12)18)20-16(21)17(11-19)7-5-3-4-6-8-17/h9-10H,3-8,11,19H2,1-2H3,(H,20,21). The van der Waals surface area contributed by atoms with Crippen LogP contribution >= 0.6 is 15.9 Å². The molecule has 1 aromatic rings. The third kappa shape index (κ3) is 3.67. The molecular weight excluding hydrogens is 328 g/mol. The lowest BCUT2D eigenvalue weighted by molar-refractivity contribution is -0.125. The van der Waals surface area contributed by atoms with Crippen molar-refractivity contribution in [1.82, 2.24) is 0 Å². The molecule has 0 aromatic heterocycles. The van der Waals surface area contributed by atoms with Crippen LogP contribution < -0.4 is 11.1 Å². The van der Waals surface area contributed by atoms with Crippen molar-refractivity contribution in [2.24, 2.45) is 11.1 Å². The SMILES string of the molecule is Cc1cc(NC(=O)C2(CN)CCCCCC2)cc(C)c1Br. The number of hydrogen-bond acceptors (Lipinski definition) is 2. The summed E-state index contributed by atoms with van der Waals surface area (Å²) >= 11 is 3.56. The van der Waals surface area contributed by atoms with Gasteiger partial charge in [-0.15, -0.1) is 0 Å². The maximum Gasteiger partial charge on any atom is 0.231 e. The number of aryl methyl sites for hydroxylation is 2. The van der Waals surface area contributed by atoms with E-state index in [0.29, 0.717) is 6.54 Å². The third-order valence-corrected chi connectivity index (χ3v) is 5.88. The summed E-state index contributed by atoms with van der Waals surface area (Å²) in [6.07, 6.45) is 6.44. The molecule has 0 atom stereocenters. The summed E-state index contributed by atoms with van der Waals surface area (Å²) in [7, 11) is 0. The van der Waals surface area contributed by atoms with Gasteiger partial charge in [0.05, 0.1) is 5.41 Å². The second kappa shape index (κ2) is 6.93. The van der Waals surface area contributed by atoms with Crippen LogP contribution in [0.25, 0.3) is 0 Å². The van der Waals surface area contributed by atoms with E-state index in [1.807, 2.05) is 26.0 Å². The Kier molecular flexibility index (Phi) is 5.44. The fourth-order valence-corrected chi connectivity index (χ4v) is 3.44. The number of carbonyl (C=O) groups is 1. The summed E-state index contributed by atoms with van der Waals surface area (Å²) in [6, 6.07) is 4.02. The largest absolute Gasteiger partial charge is 0.329 e. The summed E-state index contributed by atoms with van der Waals surface area (Å²) in [5.74, 6) is 0.0908. The van der Waals surface area contributed by atoms with Crippen molar-refractivity contribution in [3.05, 3.63) is 27.7 Å². The van der Waals surface area contributed by atoms with Crippen molar-refractivity contribution in [1.29, 1.82) is 0 Å². The first-order chi connectivity index (χ1) is 9.98. The molecular formula is C17H25BrN2O. The first kappa shape index (κ1) is 16.5. The zero-order valence-corrected chi connectivity index (χ0v) is 14.6. The maximum absolute atomic E-state index is 12.8. The number of nitrogens with one attached hydrogen (secondary N) is 1. The Hall–Kier alpha value is -0.870. The average Bonchev–Trinajstić information content (AvgIpc) is 2.71. The third-order valence-electron chi connectivity index (χ3n) is 4.63. The Labute approximate surface area is 135 Å². The van der Waals surface area contributed by atoms with Gasteiger partial charge < -0.3 is 11.1 Å². The summed E-state index contributed by atoms with van der Waals surface area (Å²) in [5, 5.41) is 3.10. The number of halogens is 1. The van der Waals surface area contributed by atoms with Crippen LogP contribution in [0, 0.1) is 19.3 Å². The van der Waals surface area contributed by atoms with Crippen LogP contribution in [0.15, 0.2) is 16.6 Å². The van der Waals surface area contributed by atoms with Gasteiger partial charge >= 0.3 is 0 Å². The Balaban J connectivity index is 2.19. The van der Waals surface area contributed by atoms with Gasteiger partial charge in [0.1, 0.15) is 0 Å². The number of carbonyl (C=O) groups excluding carboxylic acids is 1. The van der Waals surface area contributed by atoms with E-state index in [1.165, 1.54) is 12.8 Å². The van der Waals surface area contributed by atoms with Crippen LogP contribution in [0.1, 0.15) is 49.7 Å². The van der Waals surface area contributed by atoms with Crippen LogP contribution in [0.5, 0.6) is 0 Å². The molecule has 0 radical (unpaired) electrons. The molecule has 3 N–H and O–H groups in total. The Morgan fingerprint density at radius 3 is 2.19 bits per heavy atom. The van der Waals surface area contributed by atoms with E-state index in [9.17, 15) is 4.79 Å². The minimum atomic E-state index is -0.384. The van der Waals surface area contributed by atoms with Gasteiger partial charge in [-0.2, -0.15) is 0 Å². The smallest absolute Gasteiger partial charge is 0.231 e. The Morgan fingerprint density at radius 1 is 1.19 bits per heavy atom. The first-order valence-electron chi connectivity index (χ1n) is 7.77. The topological polar surface area (TPSA) is 55.1 Å². The average molecular weight is 353 g/mol. The number of nitrogens with two attached hydrogens (primary N) is 1.